The standard InChI is InChI=1S/C20H22FN5O5S/c1-31-7-6-25-11-15(8-22-25)32(29,30)26-10-14-9-24(12-19(14)23-26)20(28)17(13-27)16-4-2-3-5-18(16)21/h2-5,8,10-11,17,27H,6-7,9,12-13H2,1H3/t17-/m0/s1. The van der Waals surface area contributed by atoms with E-state index >= 15 is 0 Å². The lowest BCUT2D eigenvalue weighted by Crippen LogP contribution is -2.33. The first-order chi connectivity index (χ1) is 15.3. The molecule has 10 nitrogen and oxygen atoms in total. The zero-order valence-electron chi connectivity index (χ0n) is 17.3. The van der Waals surface area contributed by atoms with Crippen molar-refractivity contribution < 1.29 is 27.4 Å². The molecule has 0 unspecified atom stereocenters. The molecule has 1 N–H and O–H groups in total. The number of amides is 1. The molecule has 0 bridgehead atoms. The first kappa shape index (κ1) is 22.1. The summed E-state index contributed by atoms with van der Waals surface area (Å²) in [5.41, 5.74) is 1.11. The van der Waals surface area contributed by atoms with E-state index in [1.807, 2.05) is 0 Å². The molecule has 170 valence electrons. The highest BCUT2D eigenvalue weighted by Crippen LogP contribution is 2.28. The fourth-order valence-electron chi connectivity index (χ4n) is 3.59. The summed E-state index contributed by atoms with van der Waals surface area (Å²) in [5.74, 6) is -2.07. The molecule has 1 aliphatic heterocycles. The van der Waals surface area contributed by atoms with Crippen LogP contribution in [0.3, 0.4) is 0 Å². The highest BCUT2D eigenvalue weighted by atomic mass is 32.2. The summed E-state index contributed by atoms with van der Waals surface area (Å²) in [6.07, 6.45) is 4.01. The number of fused-ring (bicyclic) bond motifs is 1. The van der Waals surface area contributed by atoms with E-state index in [4.69, 9.17) is 4.74 Å². The van der Waals surface area contributed by atoms with Crippen LogP contribution in [-0.2, 0) is 39.2 Å². The molecular formula is C20H22FN5O5S. The fraction of sp³-hybridized carbons (Fsp3) is 0.350. The molecule has 0 spiro atoms. The highest BCUT2D eigenvalue weighted by molar-refractivity contribution is 7.89. The van der Waals surface area contributed by atoms with Crippen LogP contribution in [0, 0.1) is 5.82 Å². The molecule has 4 rings (SSSR count). The first-order valence-electron chi connectivity index (χ1n) is 9.83. The average molecular weight is 463 g/mol. The first-order valence-corrected chi connectivity index (χ1v) is 11.3. The van der Waals surface area contributed by atoms with Gasteiger partial charge in [-0.15, -0.1) is 0 Å². The van der Waals surface area contributed by atoms with E-state index in [2.05, 4.69) is 10.2 Å². The molecule has 0 aliphatic carbocycles. The molecule has 12 heteroatoms. The quantitative estimate of drug-likeness (QED) is 0.523. The van der Waals surface area contributed by atoms with Crippen LogP contribution >= 0.6 is 0 Å². The minimum atomic E-state index is -3.94. The molecule has 32 heavy (non-hydrogen) atoms. The summed E-state index contributed by atoms with van der Waals surface area (Å²) in [6, 6.07) is 5.80. The average Bonchev–Trinajstić information content (AvgIpc) is 3.49. The van der Waals surface area contributed by atoms with E-state index in [-0.39, 0.29) is 23.5 Å². The summed E-state index contributed by atoms with van der Waals surface area (Å²) >= 11 is 0. The lowest BCUT2D eigenvalue weighted by atomic mass is 9.98. The Bertz CT molecular complexity index is 1220. The third-order valence-electron chi connectivity index (χ3n) is 5.31. The maximum absolute atomic E-state index is 14.1. The Balaban J connectivity index is 1.50. The Kier molecular flexibility index (Phi) is 6.09. The third kappa shape index (κ3) is 4.04. The number of hydrogen-bond acceptors (Lipinski definition) is 7. The van der Waals surface area contributed by atoms with Crippen molar-refractivity contribution in [3.8, 4) is 0 Å². The number of ether oxygens (including phenoxy) is 1. The number of benzene rings is 1. The van der Waals surface area contributed by atoms with Crippen molar-refractivity contribution in [3.63, 3.8) is 0 Å². The summed E-state index contributed by atoms with van der Waals surface area (Å²) < 4.78 is 47.2. The Labute approximate surface area is 183 Å². The van der Waals surface area contributed by atoms with Crippen molar-refractivity contribution >= 4 is 15.9 Å². The number of nitrogens with zero attached hydrogens (tertiary/aromatic N) is 5. The summed E-state index contributed by atoms with van der Waals surface area (Å²) in [7, 11) is -2.40. The zero-order chi connectivity index (χ0) is 22.9. The summed E-state index contributed by atoms with van der Waals surface area (Å²) in [4.78, 5) is 14.3. The largest absolute Gasteiger partial charge is 0.395 e. The van der Waals surface area contributed by atoms with Crippen LogP contribution < -0.4 is 0 Å². The second-order valence-electron chi connectivity index (χ2n) is 7.36. The van der Waals surface area contributed by atoms with Gasteiger partial charge in [0.15, 0.2) is 0 Å². The van der Waals surface area contributed by atoms with Crippen LogP contribution in [0.25, 0.3) is 0 Å². The second-order valence-corrected chi connectivity index (χ2v) is 9.16. The van der Waals surface area contributed by atoms with Crippen molar-refractivity contribution in [1.29, 1.82) is 0 Å². The zero-order valence-corrected chi connectivity index (χ0v) is 18.1. The molecule has 1 aromatic carbocycles. The molecule has 1 aliphatic rings. The molecule has 1 atom stereocenters. The van der Waals surface area contributed by atoms with E-state index in [0.717, 1.165) is 4.09 Å². The van der Waals surface area contributed by atoms with Gasteiger partial charge in [0.25, 0.3) is 10.0 Å². The van der Waals surface area contributed by atoms with Crippen molar-refractivity contribution in [2.75, 3.05) is 20.3 Å². The Morgan fingerprint density at radius 3 is 2.75 bits per heavy atom. The Hall–Kier alpha value is -3.09. The number of aliphatic hydroxyl groups is 1. The van der Waals surface area contributed by atoms with Gasteiger partial charge in [0.05, 0.1) is 44.1 Å². The SMILES string of the molecule is COCCn1cc(S(=O)(=O)n2cc3c(n2)CN(C(=O)[C@@H](CO)c2ccccc2F)C3)cn1. The summed E-state index contributed by atoms with van der Waals surface area (Å²) in [6.45, 7) is 0.432. The van der Waals surface area contributed by atoms with Crippen LogP contribution in [0.1, 0.15) is 22.7 Å². The van der Waals surface area contributed by atoms with E-state index in [0.29, 0.717) is 24.4 Å². The number of halogens is 1. The molecule has 0 saturated carbocycles. The van der Waals surface area contributed by atoms with Crippen molar-refractivity contribution in [3.05, 3.63) is 65.5 Å². The highest BCUT2D eigenvalue weighted by Gasteiger charge is 2.34. The van der Waals surface area contributed by atoms with Crippen LogP contribution in [0.5, 0.6) is 0 Å². The van der Waals surface area contributed by atoms with E-state index in [9.17, 15) is 22.7 Å². The van der Waals surface area contributed by atoms with Crippen molar-refractivity contribution in [2.45, 2.75) is 30.4 Å². The van der Waals surface area contributed by atoms with E-state index < -0.39 is 34.3 Å². The number of rotatable bonds is 8. The van der Waals surface area contributed by atoms with Crippen LogP contribution in [0.4, 0.5) is 4.39 Å². The number of carbonyl (C=O) groups excluding carboxylic acids is 1. The lowest BCUT2D eigenvalue weighted by molar-refractivity contribution is -0.134. The second kappa shape index (κ2) is 8.81. The molecular weight excluding hydrogens is 441 g/mol. The lowest BCUT2D eigenvalue weighted by Gasteiger charge is -2.22. The minimum absolute atomic E-state index is 0.0115. The van der Waals surface area contributed by atoms with Gasteiger partial charge >= 0.3 is 0 Å². The third-order valence-corrected chi connectivity index (χ3v) is 6.80. The number of aromatic nitrogens is 4. The molecule has 1 amide bonds. The van der Waals surface area contributed by atoms with Gasteiger partial charge < -0.3 is 14.7 Å². The van der Waals surface area contributed by atoms with Crippen molar-refractivity contribution in [1.82, 2.24) is 23.9 Å². The van der Waals surface area contributed by atoms with Gasteiger partial charge in [-0.3, -0.25) is 9.48 Å². The van der Waals surface area contributed by atoms with Gasteiger partial charge in [-0.1, -0.05) is 18.2 Å². The van der Waals surface area contributed by atoms with Gasteiger partial charge in [-0.2, -0.15) is 22.7 Å². The van der Waals surface area contributed by atoms with Gasteiger partial charge in [0.1, 0.15) is 10.7 Å². The van der Waals surface area contributed by atoms with Crippen LogP contribution in [-0.4, -0.2) is 63.6 Å². The molecule has 3 heterocycles. The smallest absolute Gasteiger partial charge is 0.286 e. The fourth-order valence-corrected chi connectivity index (χ4v) is 4.71. The van der Waals surface area contributed by atoms with E-state index in [1.54, 1.807) is 13.2 Å². The minimum Gasteiger partial charge on any atom is -0.395 e. The molecule has 3 aromatic rings. The number of carbonyl (C=O) groups is 1. The van der Waals surface area contributed by atoms with Gasteiger partial charge in [-0.05, 0) is 6.07 Å². The van der Waals surface area contributed by atoms with E-state index in [1.165, 1.54) is 46.4 Å². The summed E-state index contributed by atoms with van der Waals surface area (Å²) in [5, 5.41) is 17.9. The van der Waals surface area contributed by atoms with Gasteiger partial charge in [-0.25, -0.2) is 4.39 Å². The monoisotopic (exact) mass is 463 g/mol. The predicted molar refractivity (Wildman–Crippen MR) is 109 cm³/mol. The predicted octanol–water partition coefficient (Wildman–Crippen LogP) is 0.720. The van der Waals surface area contributed by atoms with Gasteiger partial charge in [0, 0.05) is 37.2 Å². The topological polar surface area (TPSA) is 120 Å². The molecule has 0 fully saturated rings. The molecule has 0 radical (unpaired) electrons. The Morgan fingerprint density at radius 2 is 2.06 bits per heavy atom. The number of hydrogen-bond donors (Lipinski definition) is 1. The van der Waals surface area contributed by atoms with Gasteiger partial charge in [0.2, 0.25) is 5.91 Å². The molecule has 0 saturated heterocycles. The Morgan fingerprint density at radius 1 is 1.28 bits per heavy atom. The van der Waals surface area contributed by atoms with Crippen LogP contribution in [0.2, 0.25) is 0 Å². The van der Waals surface area contributed by atoms with Crippen molar-refractivity contribution in [2.24, 2.45) is 0 Å². The maximum Gasteiger partial charge on any atom is 0.286 e. The normalized spacial score (nSPS) is 14.5. The van der Waals surface area contributed by atoms with Crippen LogP contribution in [0.15, 0.2) is 47.8 Å². The maximum atomic E-state index is 14.1. The number of aliphatic hydroxyl groups excluding tert-OH is 1. The number of methoxy groups -OCH3 is 1. The molecule has 2 aromatic heterocycles.